The van der Waals surface area contributed by atoms with Crippen LogP contribution in [0.15, 0.2) is 0 Å². The second-order valence-electron chi connectivity index (χ2n) is 13.9. The van der Waals surface area contributed by atoms with Gasteiger partial charge in [-0.05, 0) is 53.4 Å². The fourth-order valence-electron chi connectivity index (χ4n) is 7.48. The van der Waals surface area contributed by atoms with Crippen LogP contribution in [0.3, 0.4) is 0 Å². The molecule has 1 N–H and O–H groups in total. The molecule has 15 heteroatoms. The smallest absolute Gasteiger partial charge is 0.275 e. The number of fused-ring (bicyclic) bond motifs is 2. The quantitative estimate of drug-likeness (QED) is 0.507. The molecule has 280 valence electrons. The molecule has 0 aliphatic carbocycles. The molecule has 7 rings (SSSR count). The Morgan fingerprint density at radius 2 is 1.14 bits per heavy atom. The van der Waals surface area contributed by atoms with Gasteiger partial charge in [0.2, 0.25) is 5.91 Å². The number of nitrogens with one attached hydrogen (secondary N) is 1. The van der Waals surface area contributed by atoms with E-state index < -0.39 is 0 Å². The Hall–Kier alpha value is -2.71. The fourth-order valence-corrected chi connectivity index (χ4v) is 8.03. The van der Waals surface area contributed by atoms with E-state index in [0.717, 1.165) is 76.6 Å². The Labute approximate surface area is 308 Å². The van der Waals surface area contributed by atoms with E-state index in [2.05, 4.69) is 44.3 Å². The highest BCUT2D eigenvalue weighted by molar-refractivity contribution is 6.34. The first-order valence-electron chi connectivity index (χ1n) is 18.3. The summed E-state index contributed by atoms with van der Waals surface area (Å²) in [5.41, 5.74) is 2.93. The van der Waals surface area contributed by atoms with E-state index in [1.54, 1.807) is 11.9 Å². The summed E-state index contributed by atoms with van der Waals surface area (Å²) in [5, 5.41) is 12.6. The van der Waals surface area contributed by atoms with Crippen molar-refractivity contribution in [2.45, 2.75) is 79.6 Å². The number of nitrogens with zero attached hydrogens (tertiary/aromatic N) is 9. The highest BCUT2D eigenvalue weighted by Crippen LogP contribution is 2.40. The summed E-state index contributed by atoms with van der Waals surface area (Å²) in [6.45, 7) is 17.9. The van der Waals surface area contributed by atoms with Gasteiger partial charge in [-0.15, -0.1) is 0 Å². The number of halogens is 2. The van der Waals surface area contributed by atoms with E-state index in [9.17, 15) is 14.4 Å². The van der Waals surface area contributed by atoms with E-state index in [1.807, 2.05) is 49.0 Å². The third-order valence-corrected chi connectivity index (χ3v) is 10.8. The molecular weight excluding hydrogens is 679 g/mol. The number of piperidine rings is 1. The van der Waals surface area contributed by atoms with Gasteiger partial charge in [0.1, 0.15) is 0 Å². The predicted octanol–water partition coefficient (Wildman–Crippen LogP) is 3.78. The van der Waals surface area contributed by atoms with Crippen LogP contribution in [0.2, 0.25) is 10.0 Å². The molecular formula is C35H58Cl2N10O3. The van der Waals surface area contributed by atoms with Gasteiger partial charge >= 0.3 is 0 Å². The van der Waals surface area contributed by atoms with Gasteiger partial charge in [-0.2, -0.15) is 10.2 Å². The minimum Gasteiger partial charge on any atom is -0.359 e. The molecule has 50 heavy (non-hydrogen) atoms. The molecule has 0 bridgehead atoms. The molecule has 0 radical (unpaired) electrons. The van der Waals surface area contributed by atoms with Crippen LogP contribution >= 0.6 is 23.2 Å². The van der Waals surface area contributed by atoms with E-state index in [4.69, 9.17) is 23.2 Å². The van der Waals surface area contributed by atoms with Crippen LogP contribution in [0.5, 0.6) is 0 Å². The molecule has 0 unspecified atom stereocenters. The minimum atomic E-state index is -0.187. The van der Waals surface area contributed by atoms with Gasteiger partial charge < -0.3 is 29.8 Å². The second kappa shape index (κ2) is 17.7. The highest BCUT2D eigenvalue weighted by Gasteiger charge is 2.48. The second-order valence-corrected chi connectivity index (χ2v) is 14.6. The average Bonchev–Trinajstić information content (AvgIpc) is 3.36. The fraction of sp³-hybridized carbons (Fsp3) is 0.743. The molecule has 0 saturated carbocycles. The molecule has 3 amide bonds. The van der Waals surface area contributed by atoms with Gasteiger partial charge in [0, 0.05) is 84.5 Å². The summed E-state index contributed by atoms with van der Waals surface area (Å²) in [7, 11) is 7.89. The Balaban J connectivity index is 0.000000205. The van der Waals surface area contributed by atoms with Crippen LogP contribution in [0.25, 0.3) is 0 Å². The summed E-state index contributed by atoms with van der Waals surface area (Å²) in [6.07, 6.45) is 4.47. The molecule has 2 aromatic rings. The number of likely N-dealkylation sites (tertiary alicyclic amines) is 3. The number of aromatic nitrogens is 4. The van der Waals surface area contributed by atoms with Crippen LogP contribution in [0, 0.1) is 11.3 Å². The monoisotopic (exact) mass is 736 g/mol. The van der Waals surface area contributed by atoms with Crippen molar-refractivity contribution in [2.75, 3.05) is 80.5 Å². The molecule has 2 aromatic heterocycles. The van der Waals surface area contributed by atoms with Gasteiger partial charge in [-0.25, -0.2) is 0 Å². The Kier molecular flexibility index (Phi) is 14.2. The van der Waals surface area contributed by atoms with Gasteiger partial charge in [0.15, 0.2) is 11.4 Å². The predicted molar refractivity (Wildman–Crippen MR) is 198 cm³/mol. The van der Waals surface area contributed by atoms with Crippen molar-refractivity contribution < 1.29 is 14.4 Å². The summed E-state index contributed by atoms with van der Waals surface area (Å²) in [5.74, 6) is -0.341. The minimum absolute atomic E-state index is 0.00192. The first kappa shape index (κ1) is 40.1. The summed E-state index contributed by atoms with van der Waals surface area (Å²) in [6, 6.07) is 0. The van der Waals surface area contributed by atoms with Crippen LogP contribution in [-0.4, -0.2) is 142 Å². The molecule has 3 fully saturated rings. The molecule has 5 aliphatic rings. The van der Waals surface area contributed by atoms with Crippen LogP contribution in [0.1, 0.15) is 85.7 Å². The number of carbonyl (C=O) groups is 3. The van der Waals surface area contributed by atoms with Crippen molar-refractivity contribution in [1.82, 2.24) is 49.4 Å². The Morgan fingerprint density at radius 1 is 0.680 bits per heavy atom. The lowest BCUT2D eigenvalue weighted by molar-refractivity contribution is -0.128. The van der Waals surface area contributed by atoms with Crippen molar-refractivity contribution in [3.05, 3.63) is 32.8 Å². The third kappa shape index (κ3) is 8.66. The topological polar surface area (TPSA) is 115 Å². The molecule has 1 spiro atoms. The molecule has 7 heterocycles. The first-order valence-corrected chi connectivity index (χ1v) is 19.1. The largest absolute Gasteiger partial charge is 0.359 e. The molecule has 0 aromatic carbocycles. The number of hydrogen-bond acceptors (Lipinski definition) is 8. The molecule has 0 atom stereocenters. The van der Waals surface area contributed by atoms with Crippen molar-refractivity contribution in [2.24, 2.45) is 11.3 Å². The average molecular weight is 738 g/mol. The Bertz CT molecular complexity index is 1480. The first-order chi connectivity index (χ1) is 24.0. The van der Waals surface area contributed by atoms with Gasteiger partial charge in [-0.1, -0.05) is 50.9 Å². The molecule has 13 nitrogen and oxygen atoms in total. The number of hydrogen-bond donors (Lipinski definition) is 1. The maximum Gasteiger partial charge on any atom is 0.275 e. The lowest BCUT2D eigenvalue weighted by atomic mass is 9.73. The Morgan fingerprint density at radius 3 is 1.60 bits per heavy atom. The number of aryl methyl sites for hydroxylation is 2. The van der Waals surface area contributed by atoms with Gasteiger partial charge in [0.25, 0.3) is 11.8 Å². The van der Waals surface area contributed by atoms with Crippen molar-refractivity contribution in [3.63, 3.8) is 0 Å². The SMILES string of the molecule is CC.CC.CN1CCCn2nc(C(=O)N3CC4(CCCN(C)C4)C3)c(Cl)c2C1.CNC(=O)C1CN(C(=O)c2nn3c(c2Cl)CN(C)CCC3)C1. The number of carbonyl (C=O) groups excluding carboxylic acids is 3. The van der Waals surface area contributed by atoms with Gasteiger partial charge in [-0.3, -0.25) is 23.7 Å². The number of rotatable bonds is 3. The molecule has 3 saturated heterocycles. The van der Waals surface area contributed by atoms with Crippen molar-refractivity contribution >= 4 is 40.9 Å². The zero-order chi connectivity index (χ0) is 36.7. The standard InChI is InChI=1S/C17H26ClN5O.C14H20ClN5O2.2C2H6/c1-20-7-4-8-23-13(9-20)14(18)15(19-23)16(24)22-11-17(12-22)5-3-6-21(2)10-17;1-16-13(21)9-6-19(7-9)14(22)12-11(15)10-8-18(2)4-3-5-20(10)17-12;2*1-2/h3-12H2,1-2H3;9H,3-8H2,1-2H3,(H,16,21);2*1-2H3. The van der Waals surface area contributed by atoms with Crippen LogP contribution in [-0.2, 0) is 31.0 Å². The lowest BCUT2D eigenvalue weighted by Gasteiger charge is -2.54. The van der Waals surface area contributed by atoms with E-state index in [0.29, 0.717) is 46.5 Å². The number of amides is 3. The normalized spacial score (nSPS) is 20.5. The zero-order valence-corrected chi connectivity index (χ0v) is 32.9. The summed E-state index contributed by atoms with van der Waals surface area (Å²) < 4.78 is 3.78. The van der Waals surface area contributed by atoms with Crippen LogP contribution < -0.4 is 5.32 Å². The van der Waals surface area contributed by atoms with Crippen molar-refractivity contribution in [1.29, 1.82) is 0 Å². The van der Waals surface area contributed by atoms with E-state index >= 15 is 0 Å². The highest BCUT2D eigenvalue weighted by atomic mass is 35.5. The van der Waals surface area contributed by atoms with Crippen molar-refractivity contribution in [3.8, 4) is 0 Å². The van der Waals surface area contributed by atoms with Gasteiger partial charge in [0.05, 0.1) is 27.4 Å². The lowest BCUT2D eigenvalue weighted by Crippen LogP contribution is -2.63. The maximum atomic E-state index is 12.9. The zero-order valence-electron chi connectivity index (χ0n) is 31.4. The van der Waals surface area contributed by atoms with Crippen LogP contribution in [0.4, 0.5) is 0 Å². The molecule has 5 aliphatic heterocycles. The third-order valence-electron chi connectivity index (χ3n) is 10.0. The maximum absolute atomic E-state index is 12.9. The summed E-state index contributed by atoms with van der Waals surface area (Å²) in [4.78, 5) is 47.2. The summed E-state index contributed by atoms with van der Waals surface area (Å²) >= 11 is 12.9. The van der Waals surface area contributed by atoms with E-state index in [1.165, 1.54) is 19.4 Å². The van der Waals surface area contributed by atoms with E-state index in [-0.39, 0.29) is 23.6 Å².